The molecule has 0 bridgehead atoms. The normalized spacial score (nSPS) is 17.3. The molecule has 5 aromatic rings. The molecule has 1 saturated heterocycles. The third kappa shape index (κ3) is 8.23. The Morgan fingerprint density at radius 2 is 1.07 bits per heavy atom. The molecular weight excluding hydrogens is 701 g/mol. The maximum absolute atomic E-state index is 11.3. The molecule has 0 aliphatic carbocycles. The molecule has 5 aromatic carbocycles. The van der Waals surface area contributed by atoms with E-state index in [1.807, 2.05) is 12.1 Å². The first kappa shape index (κ1) is 39.5. The van der Waals surface area contributed by atoms with Crippen molar-refractivity contribution in [2.24, 2.45) is 0 Å². The number of nitrogens with zero attached hydrogens (tertiary/aromatic N) is 2. The van der Waals surface area contributed by atoms with Gasteiger partial charge in [0.05, 0.1) is 11.5 Å². The SMILES string of the molecule is CC(C)(C)[Si](OC[C@H]1C[C@@H](O[Si](c2ccccc2)(c2ccccc2)C(C)(C)C)CCN1CCc1ccc([N+](=O)[O-])cc1)(c1ccccc1)c1ccccc1. The summed E-state index contributed by atoms with van der Waals surface area (Å²) < 4.78 is 15.4. The van der Waals surface area contributed by atoms with Crippen molar-refractivity contribution < 1.29 is 13.8 Å². The summed E-state index contributed by atoms with van der Waals surface area (Å²) in [5.41, 5.74) is 1.22. The highest BCUT2D eigenvalue weighted by Gasteiger charge is 2.53. The average Bonchev–Trinajstić information content (AvgIpc) is 3.17. The van der Waals surface area contributed by atoms with Gasteiger partial charge in [-0.25, -0.2) is 0 Å². The Morgan fingerprint density at radius 1 is 0.648 bits per heavy atom. The van der Waals surface area contributed by atoms with E-state index in [4.69, 9.17) is 8.85 Å². The number of nitro groups is 1. The van der Waals surface area contributed by atoms with Gasteiger partial charge in [0.15, 0.2) is 0 Å². The summed E-state index contributed by atoms with van der Waals surface area (Å²) in [6.07, 6.45) is 2.61. The van der Waals surface area contributed by atoms with Crippen LogP contribution in [-0.2, 0) is 15.3 Å². The lowest BCUT2D eigenvalue weighted by molar-refractivity contribution is -0.384. The average molecular weight is 757 g/mol. The van der Waals surface area contributed by atoms with Crippen molar-refractivity contribution in [3.63, 3.8) is 0 Å². The Bertz CT molecular complexity index is 1850. The number of non-ortho nitro benzene ring substituents is 1. The molecule has 0 N–H and O–H groups in total. The van der Waals surface area contributed by atoms with Crippen LogP contribution in [0.4, 0.5) is 5.69 Å². The molecule has 2 atom stereocenters. The highest BCUT2D eigenvalue weighted by atomic mass is 28.4. The second kappa shape index (κ2) is 16.7. The predicted octanol–water partition coefficient (Wildman–Crippen LogP) is 8.12. The quantitative estimate of drug-likeness (QED) is 0.0690. The van der Waals surface area contributed by atoms with Gasteiger partial charge in [-0.15, -0.1) is 0 Å². The standard InChI is InChI=1S/C46H56N2O4Si2/c1-45(2,3)53(41-19-11-7-12-20-41,42-21-13-8-14-22-42)51-36-39-35-40(32-34-47(39)33-31-37-27-29-38(30-28-37)48(49)50)52-54(46(4,5)6,43-23-15-9-16-24-43)44-25-17-10-18-26-44/h7-30,39-40H,31-36H2,1-6H3/t39-,40+/m1/s1. The number of nitro benzene ring substituents is 1. The van der Waals surface area contributed by atoms with Crippen LogP contribution < -0.4 is 20.7 Å². The molecule has 282 valence electrons. The molecule has 0 radical (unpaired) electrons. The van der Waals surface area contributed by atoms with Gasteiger partial charge in [-0.2, -0.15) is 0 Å². The summed E-state index contributed by atoms with van der Waals surface area (Å²) >= 11 is 0. The minimum absolute atomic E-state index is 0.0414. The van der Waals surface area contributed by atoms with Gasteiger partial charge in [-0.05, 0) is 55.6 Å². The molecule has 1 heterocycles. The van der Waals surface area contributed by atoms with Crippen LogP contribution in [-0.4, -0.2) is 58.3 Å². The maximum atomic E-state index is 11.3. The second-order valence-corrected chi connectivity index (χ2v) is 25.3. The topological polar surface area (TPSA) is 64.8 Å². The Hall–Kier alpha value is -4.19. The summed E-state index contributed by atoms with van der Waals surface area (Å²) in [7, 11) is -5.57. The zero-order valence-corrected chi connectivity index (χ0v) is 34.8. The lowest BCUT2D eigenvalue weighted by Crippen LogP contribution is -2.69. The largest absolute Gasteiger partial charge is 0.406 e. The zero-order chi connectivity index (χ0) is 38.4. The second-order valence-electron chi connectivity index (χ2n) is 16.8. The fourth-order valence-corrected chi connectivity index (χ4v) is 17.9. The van der Waals surface area contributed by atoms with Crippen LogP contribution in [0.15, 0.2) is 146 Å². The summed E-state index contributed by atoms with van der Waals surface area (Å²) in [6.45, 7) is 16.3. The Labute approximate surface area is 324 Å². The van der Waals surface area contributed by atoms with E-state index < -0.39 is 16.6 Å². The van der Waals surface area contributed by atoms with Gasteiger partial charge in [-0.1, -0.05) is 175 Å². The van der Waals surface area contributed by atoms with Crippen LogP contribution in [0, 0.1) is 10.1 Å². The van der Waals surface area contributed by atoms with Gasteiger partial charge in [0, 0.05) is 37.4 Å². The predicted molar refractivity (Wildman–Crippen MR) is 227 cm³/mol. The van der Waals surface area contributed by atoms with Crippen molar-refractivity contribution in [1.29, 1.82) is 0 Å². The first-order chi connectivity index (χ1) is 25.8. The highest BCUT2D eigenvalue weighted by molar-refractivity contribution is 7.00. The van der Waals surface area contributed by atoms with Crippen molar-refractivity contribution in [2.45, 2.75) is 83.0 Å². The van der Waals surface area contributed by atoms with E-state index >= 15 is 0 Å². The van der Waals surface area contributed by atoms with E-state index in [9.17, 15) is 10.1 Å². The van der Waals surface area contributed by atoms with Gasteiger partial charge in [-0.3, -0.25) is 15.0 Å². The summed E-state index contributed by atoms with van der Waals surface area (Å²) in [4.78, 5) is 13.6. The monoisotopic (exact) mass is 756 g/mol. The van der Waals surface area contributed by atoms with Crippen molar-refractivity contribution in [2.75, 3.05) is 19.7 Å². The molecule has 8 heteroatoms. The fraction of sp³-hybridized carbons (Fsp3) is 0.348. The molecule has 6 nitrogen and oxygen atoms in total. The zero-order valence-electron chi connectivity index (χ0n) is 32.8. The lowest BCUT2D eigenvalue weighted by atomic mass is 9.99. The summed E-state index contributed by atoms with van der Waals surface area (Å²) in [5, 5.41) is 16.2. The highest BCUT2D eigenvalue weighted by Crippen LogP contribution is 2.40. The molecule has 1 aliphatic heterocycles. The van der Waals surface area contributed by atoms with E-state index in [-0.39, 0.29) is 32.8 Å². The molecule has 0 amide bonds. The first-order valence-corrected chi connectivity index (χ1v) is 23.2. The minimum Gasteiger partial charge on any atom is -0.406 e. The Morgan fingerprint density at radius 3 is 1.48 bits per heavy atom. The minimum atomic E-state index is -2.79. The molecular formula is C46H56N2O4Si2. The van der Waals surface area contributed by atoms with Crippen molar-refractivity contribution in [1.82, 2.24) is 4.90 Å². The molecule has 0 unspecified atom stereocenters. The van der Waals surface area contributed by atoms with Crippen LogP contribution in [0.1, 0.15) is 59.9 Å². The molecule has 0 aromatic heterocycles. The fourth-order valence-electron chi connectivity index (χ4n) is 8.62. The molecule has 0 spiro atoms. The first-order valence-electron chi connectivity index (χ1n) is 19.4. The Kier molecular flexibility index (Phi) is 12.2. The smallest absolute Gasteiger partial charge is 0.269 e. The molecule has 0 saturated carbocycles. The van der Waals surface area contributed by atoms with Crippen LogP contribution in [0.3, 0.4) is 0 Å². The summed E-state index contributed by atoms with van der Waals surface area (Å²) in [6, 6.07) is 50.8. The third-order valence-corrected chi connectivity index (χ3v) is 21.4. The number of rotatable bonds is 13. The lowest BCUT2D eigenvalue weighted by Gasteiger charge is -2.49. The number of likely N-dealkylation sites (tertiary alicyclic amines) is 1. The molecule has 54 heavy (non-hydrogen) atoms. The van der Waals surface area contributed by atoms with Gasteiger partial charge in [0.1, 0.15) is 0 Å². The van der Waals surface area contributed by atoms with E-state index in [0.29, 0.717) is 6.61 Å². The molecule has 1 aliphatic rings. The molecule has 1 fully saturated rings. The van der Waals surface area contributed by atoms with Gasteiger partial charge < -0.3 is 8.85 Å². The van der Waals surface area contributed by atoms with Gasteiger partial charge >= 0.3 is 0 Å². The van der Waals surface area contributed by atoms with Gasteiger partial charge in [0.2, 0.25) is 0 Å². The number of piperidine rings is 1. The van der Waals surface area contributed by atoms with Crippen molar-refractivity contribution >= 4 is 43.1 Å². The molecule has 6 rings (SSSR count). The van der Waals surface area contributed by atoms with Crippen LogP contribution in [0.25, 0.3) is 0 Å². The van der Waals surface area contributed by atoms with Gasteiger partial charge in [0.25, 0.3) is 22.3 Å². The number of benzene rings is 5. The number of hydrogen-bond donors (Lipinski definition) is 0. The van der Waals surface area contributed by atoms with E-state index in [0.717, 1.165) is 37.9 Å². The van der Waals surface area contributed by atoms with Crippen LogP contribution in [0.2, 0.25) is 10.1 Å². The van der Waals surface area contributed by atoms with Crippen LogP contribution in [0.5, 0.6) is 0 Å². The number of hydrogen-bond acceptors (Lipinski definition) is 5. The van der Waals surface area contributed by atoms with Crippen molar-refractivity contribution in [3.8, 4) is 0 Å². The van der Waals surface area contributed by atoms with Crippen LogP contribution >= 0.6 is 0 Å². The van der Waals surface area contributed by atoms with E-state index in [1.165, 1.54) is 20.7 Å². The Balaban J connectivity index is 1.37. The summed E-state index contributed by atoms with van der Waals surface area (Å²) in [5.74, 6) is 0. The third-order valence-electron chi connectivity index (χ3n) is 11.3. The van der Waals surface area contributed by atoms with Crippen molar-refractivity contribution in [3.05, 3.63) is 161 Å². The van der Waals surface area contributed by atoms with E-state index in [2.05, 4.69) is 168 Å². The maximum Gasteiger partial charge on any atom is 0.269 e. The van der Waals surface area contributed by atoms with E-state index in [1.54, 1.807) is 12.1 Å².